The SMILES string of the molecule is CCCC1CCCCN1C(=O)C(CS)NC(C)=O. The van der Waals surface area contributed by atoms with Gasteiger partial charge in [-0.1, -0.05) is 13.3 Å². The molecule has 0 spiro atoms. The van der Waals surface area contributed by atoms with Crippen molar-refractivity contribution < 1.29 is 9.59 Å². The maximum atomic E-state index is 12.4. The van der Waals surface area contributed by atoms with Crippen LogP contribution in [0.1, 0.15) is 46.0 Å². The molecule has 0 radical (unpaired) electrons. The van der Waals surface area contributed by atoms with E-state index in [1.54, 1.807) is 0 Å². The van der Waals surface area contributed by atoms with E-state index in [1.807, 2.05) is 4.90 Å². The van der Waals surface area contributed by atoms with Crippen LogP contribution >= 0.6 is 12.6 Å². The number of hydrogen-bond donors (Lipinski definition) is 2. The van der Waals surface area contributed by atoms with Gasteiger partial charge in [-0.05, 0) is 25.7 Å². The fraction of sp³-hybridized carbons (Fsp3) is 0.846. The second-order valence-corrected chi connectivity index (χ2v) is 5.27. The number of hydrogen-bond acceptors (Lipinski definition) is 3. The standard InChI is InChI=1S/C13H24N2O2S/c1-3-6-11-7-4-5-8-15(11)13(17)12(9-18)14-10(2)16/h11-12,18H,3-9H2,1-2H3,(H,14,16). The van der Waals surface area contributed by atoms with Crippen molar-refractivity contribution in [3.63, 3.8) is 0 Å². The van der Waals surface area contributed by atoms with Gasteiger partial charge in [-0.2, -0.15) is 12.6 Å². The lowest BCUT2D eigenvalue weighted by Crippen LogP contribution is -2.53. The van der Waals surface area contributed by atoms with E-state index in [2.05, 4.69) is 24.9 Å². The predicted octanol–water partition coefficient (Wildman–Crippen LogP) is 1.60. The van der Waals surface area contributed by atoms with Crippen LogP contribution in [0.5, 0.6) is 0 Å². The van der Waals surface area contributed by atoms with Crippen molar-refractivity contribution in [2.24, 2.45) is 0 Å². The van der Waals surface area contributed by atoms with Gasteiger partial charge in [0.05, 0.1) is 0 Å². The Bertz CT molecular complexity index is 295. The highest BCUT2D eigenvalue weighted by molar-refractivity contribution is 7.80. The van der Waals surface area contributed by atoms with Crippen molar-refractivity contribution in [3.05, 3.63) is 0 Å². The van der Waals surface area contributed by atoms with Crippen LogP contribution in [0.3, 0.4) is 0 Å². The molecule has 18 heavy (non-hydrogen) atoms. The third-order valence-electron chi connectivity index (χ3n) is 3.39. The molecule has 0 bridgehead atoms. The largest absolute Gasteiger partial charge is 0.344 e. The molecule has 0 aromatic rings. The molecular weight excluding hydrogens is 248 g/mol. The Balaban J connectivity index is 2.68. The molecule has 104 valence electrons. The van der Waals surface area contributed by atoms with Gasteiger partial charge in [0.15, 0.2) is 0 Å². The van der Waals surface area contributed by atoms with Crippen LogP contribution in [0.25, 0.3) is 0 Å². The lowest BCUT2D eigenvalue weighted by molar-refractivity contribution is -0.138. The molecule has 1 aliphatic rings. The molecule has 2 atom stereocenters. The summed E-state index contributed by atoms with van der Waals surface area (Å²) in [6.07, 6.45) is 5.47. The number of rotatable bonds is 5. The van der Waals surface area contributed by atoms with E-state index in [0.29, 0.717) is 11.8 Å². The summed E-state index contributed by atoms with van der Waals surface area (Å²) in [5.41, 5.74) is 0. The number of likely N-dealkylation sites (tertiary alicyclic amines) is 1. The highest BCUT2D eigenvalue weighted by Crippen LogP contribution is 2.21. The lowest BCUT2D eigenvalue weighted by Gasteiger charge is -2.37. The van der Waals surface area contributed by atoms with Crippen LogP contribution in [0.2, 0.25) is 0 Å². The minimum Gasteiger partial charge on any atom is -0.344 e. The molecule has 0 aromatic carbocycles. The van der Waals surface area contributed by atoms with Crippen LogP contribution in [0, 0.1) is 0 Å². The van der Waals surface area contributed by atoms with E-state index in [-0.39, 0.29) is 11.8 Å². The summed E-state index contributed by atoms with van der Waals surface area (Å²) in [5.74, 6) is 0.207. The monoisotopic (exact) mass is 272 g/mol. The van der Waals surface area contributed by atoms with Crippen molar-refractivity contribution in [1.29, 1.82) is 0 Å². The van der Waals surface area contributed by atoms with Crippen LogP contribution in [0.15, 0.2) is 0 Å². The Labute approximate surface area is 115 Å². The van der Waals surface area contributed by atoms with E-state index in [4.69, 9.17) is 0 Å². The van der Waals surface area contributed by atoms with Crippen molar-refractivity contribution in [1.82, 2.24) is 10.2 Å². The van der Waals surface area contributed by atoms with Crippen molar-refractivity contribution >= 4 is 24.4 Å². The van der Waals surface area contributed by atoms with Crippen molar-refractivity contribution in [3.8, 4) is 0 Å². The number of carbonyl (C=O) groups excluding carboxylic acids is 2. The summed E-state index contributed by atoms with van der Waals surface area (Å²) in [6.45, 7) is 4.39. The van der Waals surface area contributed by atoms with Gasteiger partial charge in [0.25, 0.3) is 0 Å². The first-order chi connectivity index (χ1) is 8.60. The summed E-state index contributed by atoms with van der Waals surface area (Å²) in [6, 6.07) is -0.143. The number of carbonyl (C=O) groups is 2. The maximum Gasteiger partial charge on any atom is 0.246 e. The first-order valence-corrected chi connectivity index (χ1v) is 7.41. The van der Waals surface area contributed by atoms with Gasteiger partial charge in [-0.15, -0.1) is 0 Å². The Morgan fingerprint density at radius 2 is 2.17 bits per heavy atom. The Hall–Kier alpha value is -0.710. The topological polar surface area (TPSA) is 49.4 Å². The fourth-order valence-electron chi connectivity index (χ4n) is 2.56. The number of nitrogens with zero attached hydrogens (tertiary/aromatic N) is 1. The first kappa shape index (κ1) is 15.3. The highest BCUT2D eigenvalue weighted by Gasteiger charge is 2.30. The molecule has 2 amide bonds. The molecule has 1 fully saturated rings. The smallest absolute Gasteiger partial charge is 0.246 e. The number of piperidine rings is 1. The molecule has 1 aliphatic heterocycles. The van der Waals surface area contributed by atoms with E-state index in [0.717, 1.165) is 32.2 Å². The number of nitrogens with one attached hydrogen (secondary N) is 1. The maximum absolute atomic E-state index is 12.4. The van der Waals surface area contributed by atoms with Crippen molar-refractivity contribution in [2.75, 3.05) is 12.3 Å². The molecule has 1 heterocycles. The van der Waals surface area contributed by atoms with Gasteiger partial charge in [0, 0.05) is 25.3 Å². The van der Waals surface area contributed by atoms with Crippen LogP contribution in [0.4, 0.5) is 0 Å². The first-order valence-electron chi connectivity index (χ1n) is 6.78. The summed E-state index contributed by atoms with van der Waals surface area (Å²) in [5, 5.41) is 2.68. The second kappa shape index (κ2) is 7.67. The van der Waals surface area contributed by atoms with E-state index in [9.17, 15) is 9.59 Å². The van der Waals surface area contributed by atoms with Crippen molar-refractivity contribution in [2.45, 2.75) is 58.0 Å². The quantitative estimate of drug-likeness (QED) is 0.747. The molecule has 5 heteroatoms. The fourth-order valence-corrected chi connectivity index (χ4v) is 2.80. The minimum absolute atomic E-state index is 0.0263. The Kier molecular flexibility index (Phi) is 6.54. The summed E-state index contributed by atoms with van der Waals surface area (Å²) < 4.78 is 0. The average molecular weight is 272 g/mol. The molecule has 1 saturated heterocycles. The third kappa shape index (κ3) is 4.19. The zero-order chi connectivity index (χ0) is 13.5. The summed E-state index contributed by atoms with van der Waals surface area (Å²) >= 11 is 4.17. The number of thiol groups is 1. The Morgan fingerprint density at radius 3 is 2.72 bits per heavy atom. The van der Waals surface area contributed by atoms with Crippen LogP contribution < -0.4 is 5.32 Å². The molecule has 1 N–H and O–H groups in total. The van der Waals surface area contributed by atoms with Gasteiger partial charge in [0.2, 0.25) is 11.8 Å². The van der Waals surface area contributed by atoms with Crippen LogP contribution in [-0.4, -0.2) is 41.1 Å². The van der Waals surface area contributed by atoms with E-state index >= 15 is 0 Å². The third-order valence-corrected chi connectivity index (χ3v) is 3.76. The minimum atomic E-state index is -0.483. The normalized spacial score (nSPS) is 21.5. The van der Waals surface area contributed by atoms with E-state index in [1.165, 1.54) is 13.3 Å². The highest BCUT2D eigenvalue weighted by atomic mass is 32.1. The summed E-state index contributed by atoms with van der Waals surface area (Å²) in [4.78, 5) is 25.5. The molecule has 0 aliphatic carbocycles. The molecule has 4 nitrogen and oxygen atoms in total. The molecule has 0 saturated carbocycles. The zero-order valence-corrected chi connectivity index (χ0v) is 12.2. The molecular formula is C13H24N2O2S. The molecule has 1 rings (SSSR count). The summed E-state index contributed by atoms with van der Waals surface area (Å²) in [7, 11) is 0. The van der Waals surface area contributed by atoms with Gasteiger partial charge in [-0.3, -0.25) is 9.59 Å². The zero-order valence-electron chi connectivity index (χ0n) is 11.3. The van der Waals surface area contributed by atoms with Gasteiger partial charge in [-0.25, -0.2) is 0 Å². The molecule has 0 aromatic heterocycles. The second-order valence-electron chi connectivity index (χ2n) is 4.91. The molecule has 2 unspecified atom stereocenters. The van der Waals surface area contributed by atoms with Gasteiger partial charge in [0.1, 0.15) is 6.04 Å². The van der Waals surface area contributed by atoms with Gasteiger partial charge >= 0.3 is 0 Å². The average Bonchev–Trinajstić information content (AvgIpc) is 2.36. The lowest BCUT2D eigenvalue weighted by atomic mass is 9.97. The Morgan fingerprint density at radius 1 is 1.44 bits per heavy atom. The number of amides is 2. The van der Waals surface area contributed by atoms with Crippen LogP contribution in [-0.2, 0) is 9.59 Å². The van der Waals surface area contributed by atoms with E-state index < -0.39 is 6.04 Å². The van der Waals surface area contributed by atoms with Gasteiger partial charge < -0.3 is 10.2 Å². The predicted molar refractivity (Wildman–Crippen MR) is 75.7 cm³/mol.